The van der Waals surface area contributed by atoms with Gasteiger partial charge in [-0.25, -0.2) is 4.79 Å². The van der Waals surface area contributed by atoms with Crippen LogP contribution in [0, 0.1) is 28.6 Å². The summed E-state index contributed by atoms with van der Waals surface area (Å²) >= 11 is 0. The number of nitrogens with zero attached hydrogens (tertiary/aromatic N) is 3. The van der Waals surface area contributed by atoms with Crippen molar-refractivity contribution in [2.24, 2.45) is 28.6 Å². The van der Waals surface area contributed by atoms with E-state index in [0.29, 0.717) is 5.56 Å². The van der Waals surface area contributed by atoms with E-state index in [-0.39, 0.29) is 42.0 Å². The summed E-state index contributed by atoms with van der Waals surface area (Å²) in [4.78, 5) is 97.7. The van der Waals surface area contributed by atoms with E-state index in [0.717, 1.165) is 17.7 Å². The minimum atomic E-state index is -1.25. The smallest absolute Gasteiger partial charge is 0.408 e. The normalized spacial score (nSPS) is 22.2. The predicted molar refractivity (Wildman–Crippen MR) is 192 cm³/mol. The van der Waals surface area contributed by atoms with Crippen LogP contribution < -0.4 is 16.0 Å². The number of benzene rings is 1. The average molecular weight is 725 g/mol. The Kier molecular flexibility index (Phi) is 11.5. The molecule has 1 unspecified atom stereocenters. The van der Waals surface area contributed by atoms with Crippen LogP contribution in [0.1, 0.15) is 86.3 Å². The highest BCUT2D eigenvalue weighted by molar-refractivity contribution is 6.38. The molecule has 1 aromatic rings. The van der Waals surface area contributed by atoms with Crippen LogP contribution in [0.2, 0.25) is 0 Å². The minimum absolute atomic E-state index is 0.000725. The van der Waals surface area contributed by atoms with E-state index in [1.165, 1.54) is 9.80 Å². The van der Waals surface area contributed by atoms with E-state index < -0.39 is 77.2 Å². The highest BCUT2D eigenvalue weighted by Crippen LogP contribution is 2.65. The molecule has 286 valence electrons. The maximum atomic E-state index is 14.4. The van der Waals surface area contributed by atoms with Gasteiger partial charge in [0.2, 0.25) is 29.4 Å². The van der Waals surface area contributed by atoms with Crippen molar-refractivity contribution in [1.82, 2.24) is 30.7 Å². The van der Waals surface area contributed by atoms with Crippen LogP contribution in [-0.4, -0.2) is 112 Å². The summed E-state index contributed by atoms with van der Waals surface area (Å²) in [7, 11) is 3.12. The monoisotopic (exact) mass is 724 g/mol. The molecule has 0 radical (unpaired) electrons. The zero-order valence-corrected chi connectivity index (χ0v) is 32.1. The number of carbonyl (C=O) groups is 7. The van der Waals surface area contributed by atoms with Gasteiger partial charge in [-0.2, -0.15) is 0 Å². The van der Waals surface area contributed by atoms with Crippen LogP contribution in [0.3, 0.4) is 0 Å². The van der Waals surface area contributed by atoms with Crippen LogP contribution in [0.25, 0.3) is 0 Å². The average Bonchev–Trinajstić information content (AvgIpc) is 3.90. The first-order valence-electron chi connectivity index (χ1n) is 18.0. The molecule has 0 spiro atoms. The quantitative estimate of drug-likeness (QED) is 0.224. The topological polar surface area (TPSA) is 186 Å². The summed E-state index contributed by atoms with van der Waals surface area (Å²) in [5.74, 6) is -4.20. The second kappa shape index (κ2) is 14.9. The standard InChI is InChI=1S/C38H56N6O8/c1-36(2,3)30(44(35(51)52)37(4,5)6)34(50)43-20-23-26(38(23,7)8)28(43)31(47)40-24(18-21-16-17-21)29(46)32(48)39-19-25(45)41-27(33(49)42(9)10)22-14-12-11-13-15-22/h11-15,21,23-24,26-28,30H,16-20H2,1-10H3,(H,39,48)(H,40,47)(H,41,45)(H,51,52)/t23-,24?,26-,27-,28-,30+/m0/s1. The molecule has 2 aliphatic carbocycles. The molecule has 6 amide bonds. The van der Waals surface area contributed by atoms with Gasteiger partial charge in [-0.1, -0.05) is 77.8 Å². The number of nitrogens with one attached hydrogen (secondary N) is 3. The lowest BCUT2D eigenvalue weighted by Crippen LogP contribution is -2.64. The van der Waals surface area contributed by atoms with E-state index in [9.17, 15) is 38.7 Å². The number of hydrogen-bond donors (Lipinski definition) is 4. The van der Waals surface area contributed by atoms with Crippen molar-refractivity contribution in [3.8, 4) is 0 Å². The zero-order chi connectivity index (χ0) is 39.1. The number of fused-ring (bicyclic) bond motifs is 1. The Labute approximate surface area is 306 Å². The first kappa shape index (κ1) is 40.3. The fraction of sp³-hybridized carbons (Fsp3) is 0.658. The van der Waals surface area contributed by atoms with Crippen LogP contribution in [0.5, 0.6) is 0 Å². The second-order valence-corrected chi connectivity index (χ2v) is 17.4. The third-order valence-electron chi connectivity index (χ3n) is 10.7. The molecule has 1 aromatic carbocycles. The zero-order valence-electron chi connectivity index (χ0n) is 32.1. The van der Waals surface area contributed by atoms with Crippen molar-refractivity contribution in [1.29, 1.82) is 0 Å². The lowest BCUT2D eigenvalue weighted by Gasteiger charge is -2.46. The van der Waals surface area contributed by atoms with Crippen LogP contribution in [-0.2, 0) is 28.8 Å². The van der Waals surface area contributed by atoms with E-state index >= 15 is 0 Å². The number of carboxylic acid groups (broad SMARTS) is 1. The summed E-state index contributed by atoms with van der Waals surface area (Å²) in [5, 5.41) is 18.0. The third-order valence-corrected chi connectivity index (χ3v) is 10.7. The van der Waals surface area contributed by atoms with Crippen LogP contribution >= 0.6 is 0 Å². The first-order chi connectivity index (χ1) is 24.0. The summed E-state index contributed by atoms with van der Waals surface area (Å²) in [6.45, 7) is 14.2. The van der Waals surface area contributed by atoms with Gasteiger partial charge in [0.15, 0.2) is 0 Å². The number of ketones is 1. The molecule has 3 aliphatic rings. The van der Waals surface area contributed by atoms with Crippen molar-refractivity contribution in [3.05, 3.63) is 35.9 Å². The fourth-order valence-corrected chi connectivity index (χ4v) is 7.61. The summed E-state index contributed by atoms with van der Waals surface area (Å²) in [6, 6.07) is 4.36. The number of amides is 6. The number of Topliss-reactive ketones (excluding diaryl/α,β-unsaturated/α-hetero) is 1. The van der Waals surface area contributed by atoms with E-state index in [2.05, 4.69) is 16.0 Å². The highest BCUT2D eigenvalue weighted by Gasteiger charge is 2.70. The Hall–Kier alpha value is -4.49. The number of hydrogen-bond acceptors (Lipinski definition) is 7. The Morgan fingerprint density at radius 3 is 2.04 bits per heavy atom. The molecule has 6 atom stereocenters. The van der Waals surface area contributed by atoms with E-state index in [1.54, 1.807) is 86.0 Å². The molecule has 1 heterocycles. The highest BCUT2D eigenvalue weighted by atomic mass is 16.4. The van der Waals surface area contributed by atoms with Gasteiger partial charge in [0.25, 0.3) is 5.91 Å². The van der Waals surface area contributed by atoms with Crippen LogP contribution in [0.15, 0.2) is 30.3 Å². The molecular weight excluding hydrogens is 668 g/mol. The number of likely N-dealkylation sites (N-methyl/N-ethyl adjacent to an activating group) is 1. The first-order valence-corrected chi connectivity index (χ1v) is 18.0. The molecule has 4 N–H and O–H groups in total. The third kappa shape index (κ3) is 8.75. The van der Waals surface area contributed by atoms with Gasteiger partial charge >= 0.3 is 6.09 Å². The lowest BCUT2D eigenvalue weighted by molar-refractivity contribution is -0.149. The van der Waals surface area contributed by atoms with Crippen molar-refractivity contribution in [2.45, 2.75) is 104 Å². The fourth-order valence-electron chi connectivity index (χ4n) is 7.61. The predicted octanol–water partition coefficient (Wildman–Crippen LogP) is 2.58. The van der Waals surface area contributed by atoms with E-state index in [1.807, 2.05) is 13.8 Å². The summed E-state index contributed by atoms with van der Waals surface area (Å²) in [6.07, 6.45) is 0.640. The Bertz CT molecular complexity index is 1580. The van der Waals surface area contributed by atoms with Gasteiger partial charge < -0.3 is 30.9 Å². The van der Waals surface area contributed by atoms with Crippen molar-refractivity contribution in [3.63, 3.8) is 0 Å². The Balaban J connectivity index is 1.50. The number of piperidine rings is 1. The van der Waals surface area contributed by atoms with Crippen molar-refractivity contribution >= 4 is 41.4 Å². The minimum Gasteiger partial charge on any atom is -0.465 e. The Morgan fingerprint density at radius 1 is 0.942 bits per heavy atom. The van der Waals surface area contributed by atoms with Crippen molar-refractivity contribution < 1.29 is 38.7 Å². The molecule has 1 saturated heterocycles. The molecule has 0 aromatic heterocycles. The molecule has 14 nitrogen and oxygen atoms in total. The molecule has 3 fully saturated rings. The number of carbonyl (C=O) groups excluding carboxylic acids is 6. The molecule has 14 heteroatoms. The van der Waals surface area contributed by atoms with Gasteiger partial charge in [-0.05, 0) is 61.3 Å². The maximum absolute atomic E-state index is 14.4. The number of likely N-dealkylation sites (tertiary alicyclic amines) is 1. The summed E-state index contributed by atoms with van der Waals surface area (Å²) in [5.41, 5.74) is -1.46. The largest absolute Gasteiger partial charge is 0.465 e. The molecule has 0 bridgehead atoms. The van der Waals surface area contributed by atoms with Gasteiger partial charge in [0.05, 0.1) is 12.6 Å². The molecule has 4 rings (SSSR count). The maximum Gasteiger partial charge on any atom is 0.408 e. The molecule has 2 saturated carbocycles. The van der Waals surface area contributed by atoms with Gasteiger partial charge in [0, 0.05) is 26.2 Å². The molecular formula is C38H56N6O8. The summed E-state index contributed by atoms with van der Waals surface area (Å²) < 4.78 is 0. The molecule has 1 aliphatic heterocycles. The number of rotatable bonds is 13. The van der Waals surface area contributed by atoms with E-state index in [4.69, 9.17) is 0 Å². The van der Waals surface area contributed by atoms with Crippen LogP contribution in [0.4, 0.5) is 4.79 Å². The Morgan fingerprint density at radius 2 is 1.54 bits per heavy atom. The SMILES string of the molecule is CN(C)C(=O)[C@@H](NC(=O)CNC(=O)C(=O)C(CC1CC1)NC(=O)[C@@H]1[C@@H]2[C@H](CN1C(=O)[C@@H](N(C(=O)O)C(C)(C)C)C(C)(C)C)C2(C)C)c1ccccc1. The van der Waals surface area contributed by atoms with Crippen molar-refractivity contribution in [2.75, 3.05) is 27.2 Å². The van der Waals surface area contributed by atoms with Gasteiger partial charge in [0.1, 0.15) is 18.1 Å². The second-order valence-electron chi connectivity index (χ2n) is 17.4. The van der Waals surface area contributed by atoms with Gasteiger partial charge in [-0.3, -0.25) is 33.7 Å². The van der Waals surface area contributed by atoms with Gasteiger partial charge in [-0.15, -0.1) is 0 Å². The lowest BCUT2D eigenvalue weighted by atomic mass is 9.82. The molecule has 52 heavy (non-hydrogen) atoms.